The molecule has 0 aliphatic heterocycles. The van der Waals surface area contributed by atoms with Crippen LogP contribution in [-0.4, -0.2) is 35.6 Å². The largest absolute Gasteiger partial charge is 0.480 e. The topological polar surface area (TPSA) is 40.5 Å². The summed E-state index contributed by atoms with van der Waals surface area (Å²) in [7, 11) is 0. The van der Waals surface area contributed by atoms with Crippen molar-refractivity contribution in [2.75, 3.05) is 19.6 Å². The van der Waals surface area contributed by atoms with Crippen molar-refractivity contribution in [3.05, 3.63) is 42.0 Å². The van der Waals surface area contributed by atoms with Gasteiger partial charge >= 0.3 is 5.97 Å². The van der Waals surface area contributed by atoms with Crippen molar-refractivity contribution in [2.24, 2.45) is 0 Å². The molecule has 92 valence electrons. The summed E-state index contributed by atoms with van der Waals surface area (Å²) in [5.74, 6) is -0.772. The molecule has 1 aromatic carbocycles. The third-order valence-corrected chi connectivity index (χ3v) is 2.37. The summed E-state index contributed by atoms with van der Waals surface area (Å²) in [5, 5.41) is 8.76. The maximum atomic E-state index is 10.7. The van der Waals surface area contributed by atoms with Gasteiger partial charge in [-0.05, 0) is 18.5 Å². The maximum Gasteiger partial charge on any atom is 0.317 e. The first kappa shape index (κ1) is 13.5. The zero-order chi connectivity index (χ0) is 12.5. The molecule has 0 radical (unpaired) electrons. The fourth-order valence-electron chi connectivity index (χ4n) is 1.64. The minimum absolute atomic E-state index is 0.104. The molecule has 1 N–H and O–H groups in total. The molecule has 1 rings (SSSR count). The molecule has 0 atom stereocenters. The number of benzene rings is 1. The van der Waals surface area contributed by atoms with Gasteiger partial charge in [0.15, 0.2) is 0 Å². The minimum atomic E-state index is -0.772. The smallest absolute Gasteiger partial charge is 0.317 e. The lowest BCUT2D eigenvalue weighted by Gasteiger charge is -2.16. The van der Waals surface area contributed by atoms with Crippen LogP contribution in [0.15, 0.2) is 36.4 Å². The van der Waals surface area contributed by atoms with Crippen LogP contribution in [0.2, 0.25) is 0 Å². The molecule has 3 nitrogen and oxygen atoms in total. The lowest BCUT2D eigenvalue weighted by Crippen LogP contribution is -2.30. The highest BCUT2D eigenvalue weighted by molar-refractivity contribution is 5.69. The lowest BCUT2D eigenvalue weighted by atomic mass is 10.2. The van der Waals surface area contributed by atoms with E-state index in [1.54, 1.807) is 0 Å². The quantitative estimate of drug-likeness (QED) is 0.786. The van der Waals surface area contributed by atoms with Crippen LogP contribution in [0.1, 0.15) is 18.9 Å². The van der Waals surface area contributed by atoms with Gasteiger partial charge in [0.1, 0.15) is 0 Å². The number of hydrogen-bond donors (Lipinski definition) is 1. The number of carbonyl (C=O) groups is 1. The van der Waals surface area contributed by atoms with Crippen molar-refractivity contribution in [2.45, 2.75) is 13.3 Å². The van der Waals surface area contributed by atoms with E-state index in [2.05, 4.69) is 6.92 Å². The van der Waals surface area contributed by atoms with E-state index in [-0.39, 0.29) is 6.54 Å². The molecule has 0 aromatic heterocycles. The Morgan fingerprint density at radius 2 is 2.06 bits per heavy atom. The lowest BCUT2D eigenvalue weighted by molar-refractivity contribution is -0.138. The van der Waals surface area contributed by atoms with Gasteiger partial charge < -0.3 is 5.11 Å². The Morgan fingerprint density at radius 1 is 1.35 bits per heavy atom. The van der Waals surface area contributed by atoms with E-state index in [0.717, 1.165) is 18.5 Å². The Balaban J connectivity index is 2.45. The van der Waals surface area contributed by atoms with E-state index < -0.39 is 5.97 Å². The number of nitrogens with zero attached hydrogens (tertiary/aromatic N) is 1. The summed E-state index contributed by atoms with van der Waals surface area (Å²) in [5.41, 5.74) is 1.14. The number of carboxylic acid groups (broad SMARTS) is 1. The average molecular weight is 233 g/mol. The molecule has 0 saturated carbocycles. The Labute approximate surface area is 102 Å². The summed E-state index contributed by atoms with van der Waals surface area (Å²) in [4.78, 5) is 12.6. The zero-order valence-electron chi connectivity index (χ0n) is 10.2. The fraction of sp³-hybridized carbons (Fsp3) is 0.357. The first-order valence-electron chi connectivity index (χ1n) is 5.88. The molecule has 17 heavy (non-hydrogen) atoms. The van der Waals surface area contributed by atoms with Gasteiger partial charge in [0.05, 0.1) is 6.54 Å². The highest BCUT2D eigenvalue weighted by Gasteiger charge is 2.05. The molecule has 0 saturated heterocycles. The zero-order valence-corrected chi connectivity index (χ0v) is 10.2. The molecule has 0 spiro atoms. The highest BCUT2D eigenvalue weighted by Crippen LogP contribution is 2.01. The van der Waals surface area contributed by atoms with E-state index in [9.17, 15) is 4.79 Å². The Bertz CT molecular complexity index is 360. The first-order chi connectivity index (χ1) is 8.22. The SMILES string of the molecule is CCCN(C/C=C/c1ccccc1)CC(=O)O. The summed E-state index contributed by atoms with van der Waals surface area (Å²) in [6.07, 6.45) is 4.99. The number of aliphatic carboxylic acids is 1. The van der Waals surface area contributed by atoms with Crippen LogP contribution in [-0.2, 0) is 4.79 Å². The number of carboxylic acids is 1. The molecule has 3 heteroatoms. The van der Waals surface area contributed by atoms with Crippen LogP contribution in [0.4, 0.5) is 0 Å². The monoisotopic (exact) mass is 233 g/mol. The molecule has 0 aliphatic carbocycles. The predicted octanol–water partition coefficient (Wildman–Crippen LogP) is 2.50. The van der Waals surface area contributed by atoms with Crippen molar-refractivity contribution in [3.63, 3.8) is 0 Å². The summed E-state index contributed by atoms with van der Waals surface area (Å²) in [6.45, 7) is 3.64. The number of hydrogen-bond acceptors (Lipinski definition) is 2. The van der Waals surface area contributed by atoms with Gasteiger partial charge in [-0.25, -0.2) is 0 Å². The van der Waals surface area contributed by atoms with Crippen molar-refractivity contribution < 1.29 is 9.90 Å². The second-order valence-corrected chi connectivity index (χ2v) is 3.94. The fourth-order valence-corrected chi connectivity index (χ4v) is 1.64. The van der Waals surface area contributed by atoms with Gasteiger partial charge in [0, 0.05) is 6.54 Å². The van der Waals surface area contributed by atoms with Gasteiger partial charge in [-0.3, -0.25) is 9.69 Å². The molecule has 0 amide bonds. The normalized spacial score (nSPS) is 11.2. The van der Waals surface area contributed by atoms with Crippen LogP contribution < -0.4 is 0 Å². The van der Waals surface area contributed by atoms with Crippen LogP contribution in [0, 0.1) is 0 Å². The molecule has 0 unspecified atom stereocenters. The molecule has 0 bridgehead atoms. The van der Waals surface area contributed by atoms with Gasteiger partial charge in [0.2, 0.25) is 0 Å². The molecule has 0 aliphatic rings. The maximum absolute atomic E-state index is 10.7. The van der Waals surface area contributed by atoms with E-state index in [1.807, 2.05) is 47.4 Å². The minimum Gasteiger partial charge on any atom is -0.480 e. The Morgan fingerprint density at radius 3 is 2.65 bits per heavy atom. The van der Waals surface area contributed by atoms with Crippen LogP contribution in [0.3, 0.4) is 0 Å². The summed E-state index contributed by atoms with van der Waals surface area (Å²) in [6, 6.07) is 10.0. The Kier molecular flexibility index (Phi) is 6.04. The second-order valence-electron chi connectivity index (χ2n) is 3.94. The molecule has 0 fully saturated rings. The van der Waals surface area contributed by atoms with E-state index >= 15 is 0 Å². The van der Waals surface area contributed by atoms with E-state index in [0.29, 0.717) is 6.54 Å². The number of rotatable bonds is 7. The van der Waals surface area contributed by atoms with Crippen LogP contribution >= 0.6 is 0 Å². The second kappa shape index (κ2) is 7.63. The molecular formula is C14H19NO2. The molecule has 0 heterocycles. The van der Waals surface area contributed by atoms with Gasteiger partial charge in [-0.2, -0.15) is 0 Å². The third kappa shape index (κ3) is 5.88. The highest BCUT2D eigenvalue weighted by atomic mass is 16.4. The molecule has 1 aromatic rings. The van der Waals surface area contributed by atoms with E-state index in [1.165, 1.54) is 0 Å². The van der Waals surface area contributed by atoms with Crippen LogP contribution in [0.25, 0.3) is 6.08 Å². The van der Waals surface area contributed by atoms with E-state index in [4.69, 9.17) is 5.11 Å². The van der Waals surface area contributed by atoms with Crippen molar-refractivity contribution in [1.29, 1.82) is 0 Å². The van der Waals surface area contributed by atoms with Crippen molar-refractivity contribution in [3.8, 4) is 0 Å². The third-order valence-electron chi connectivity index (χ3n) is 2.37. The molecular weight excluding hydrogens is 214 g/mol. The van der Waals surface area contributed by atoms with Gasteiger partial charge in [-0.15, -0.1) is 0 Å². The standard InChI is InChI=1S/C14H19NO2/c1-2-10-15(12-14(16)17)11-6-9-13-7-4-3-5-8-13/h3-9H,2,10-12H2,1H3,(H,16,17)/b9-6+. The Hall–Kier alpha value is -1.61. The van der Waals surface area contributed by atoms with Gasteiger partial charge in [-0.1, -0.05) is 49.4 Å². The van der Waals surface area contributed by atoms with Crippen molar-refractivity contribution in [1.82, 2.24) is 4.90 Å². The predicted molar refractivity (Wildman–Crippen MR) is 69.8 cm³/mol. The first-order valence-corrected chi connectivity index (χ1v) is 5.88. The average Bonchev–Trinajstić information content (AvgIpc) is 2.30. The van der Waals surface area contributed by atoms with Crippen LogP contribution in [0.5, 0.6) is 0 Å². The summed E-state index contributed by atoms with van der Waals surface area (Å²) >= 11 is 0. The van der Waals surface area contributed by atoms with Crippen molar-refractivity contribution >= 4 is 12.0 Å². The summed E-state index contributed by atoms with van der Waals surface area (Å²) < 4.78 is 0. The van der Waals surface area contributed by atoms with Gasteiger partial charge in [0.25, 0.3) is 0 Å².